The topological polar surface area (TPSA) is 71.7 Å². The molecule has 0 saturated heterocycles. The van der Waals surface area contributed by atoms with Gasteiger partial charge in [0.05, 0.1) is 13.1 Å². The van der Waals surface area contributed by atoms with Crippen LogP contribution >= 0.6 is 24.0 Å². The van der Waals surface area contributed by atoms with Crippen LogP contribution in [0.3, 0.4) is 0 Å². The lowest BCUT2D eigenvalue weighted by Gasteiger charge is -2.11. The lowest BCUT2D eigenvalue weighted by Crippen LogP contribution is -2.39. The molecule has 1 aromatic heterocycles. The largest absolute Gasteiger partial charge is 0.492 e. The number of rotatable bonds is 8. The van der Waals surface area contributed by atoms with Crippen LogP contribution in [0.25, 0.3) is 0 Å². The molecular weight excluding hydrogens is 419 g/mol. The molecule has 1 heterocycles. The first kappa shape index (κ1) is 20.0. The van der Waals surface area contributed by atoms with E-state index in [1.165, 1.54) is 0 Å². The maximum atomic E-state index is 5.63. The van der Waals surface area contributed by atoms with Gasteiger partial charge < -0.3 is 19.9 Å². The van der Waals surface area contributed by atoms with Crippen molar-refractivity contribution in [3.63, 3.8) is 0 Å². The highest BCUT2D eigenvalue weighted by atomic mass is 127. The molecule has 0 bridgehead atoms. The van der Waals surface area contributed by atoms with Gasteiger partial charge in [-0.05, 0) is 19.1 Å². The first-order valence-electron chi connectivity index (χ1n) is 7.51. The van der Waals surface area contributed by atoms with E-state index in [0.29, 0.717) is 32.2 Å². The van der Waals surface area contributed by atoms with Gasteiger partial charge in [-0.3, -0.25) is 0 Å². The SMILES string of the molecule is C=CCNC(=NCc1cc(C)on1)NCCOc1ccccc1.I. The number of aromatic nitrogens is 1. The monoisotopic (exact) mass is 442 g/mol. The lowest BCUT2D eigenvalue weighted by molar-refractivity contribution is 0.322. The molecule has 7 heteroatoms. The van der Waals surface area contributed by atoms with Gasteiger partial charge in [0.2, 0.25) is 0 Å². The van der Waals surface area contributed by atoms with E-state index in [9.17, 15) is 0 Å². The molecule has 0 radical (unpaired) electrons. The molecule has 2 rings (SSSR count). The second-order valence-corrected chi connectivity index (χ2v) is 4.85. The van der Waals surface area contributed by atoms with Crippen LogP contribution in [-0.4, -0.2) is 30.8 Å². The van der Waals surface area contributed by atoms with Crippen LogP contribution in [0.15, 0.2) is 58.6 Å². The highest BCUT2D eigenvalue weighted by Crippen LogP contribution is 2.07. The molecule has 6 nitrogen and oxygen atoms in total. The van der Waals surface area contributed by atoms with Crippen molar-refractivity contribution >= 4 is 29.9 Å². The molecule has 0 aliphatic carbocycles. The zero-order valence-corrected chi connectivity index (χ0v) is 16.0. The van der Waals surface area contributed by atoms with Crippen molar-refractivity contribution in [3.8, 4) is 5.75 Å². The van der Waals surface area contributed by atoms with Gasteiger partial charge in [-0.25, -0.2) is 4.99 Å². The Morgan fingerprint density at radius 1 is 1.33 bits per heavy atom. The number of para-hydroxylation sites is 1. The quantitative estimate of drug-likeness (QED) is 0.216. The first-order valence-corrected chi connectivity index (χ1v) is 7.51. The Morgan fingerprint density at radius 3 is 2.79 bits per heavy atom. The Hall–Kier alpha value is -2.03. The smallest absolute Gasteiger partial charge is 0.192 e. The van der Waals surface area contributed by atoms with Crippen LogP contribution in [0.4, 0.5) is 0 Å². The average molecular weight is 442 g/mol. The molecule has 0 saturated carbocycles. The van der Waals surface area contributed by atoms with Crippen LogP contribution in [0.5, 0.6) is 5.75 Å². The fourth-order valence-electron chi connectivity index (χ4n) is 1.85. The molecular formula is C17H23IN4O2. The molecule has 0 spiro atoms. The Bertz CT molecular complexity index is 629. The summed E-state index contributed by atoms with van der Waals surface area (Å²) in [7, 11) is 0. The minimum Gasteiger partial charge on any atom is -0.492 e. The predicted octanol–water partition coefficient (Wildman–Crippen LogP) is 2.90. The molecule has 0 fully saturated rings. The number of ether oxygens (including phenoxy) is 1. The Balaban J connectivity index is 0.00000288. The molecule has 0 amide bonds. The number of nitrogens with one attached hydrogen (secondary N) is 2. The van der Waals surface area contributed by atoms with E-state index in [2.05, 4.69) is 27.4 Å². The molecule has 0 aliphatic rings. The van der Waals surface area contributed by atoms with E-state index in [1.807, 2.05) is 43.3 Å². The summed E-state index contributed by atoms with van der Waals surface area (Å²) >= 11 is 0. The number of aliphatic imine (C=N–C) groups is 1. The highest BCUT2D eigenvalue weighted by Gasteiger charge is 2.01. The van der Waals surface area contributed by atoms with Gasteiger partial charge in [0.25, 0.3) is 0 Å². The number of nitrogens with zero attached hydrogens (tertiary/aromatic N) is 2. The van der Waals surface area contributed by atoms with Crippen molar-refractivity contribution < 1.29 is 9.26 Å². The number of benzene rings is 1. The van der Waals surface area contributed by atoms with Crippen molar-refractivity contribution in [1.29, 1.82) is 0 Å². The Labute approximate surface area is 159 Å². The van der Waals surface area contributed by atoms with Crippen LogP contribution in [-0.2, 0) is 6.54 Å². The third-order valence-electron chi connectivity index (χ3n) is 2.90. The fourth-order valence-corrected chi connectivity index (χ4v) is 1.85. The summed E-state index contributed by atoms with van der Waals surface area (Å²) in [6.07, 6.45) is 1.78. The molecule has 0 unspecified atom stereocenters. The molecule has 130 valence electrons. The van der Waals surface area contributed by atoms with Gasteiger partial charge in [-0.15, -0.1) is 30.6 Å². The predicted molar refractivity (Wildman–Crippen MR) is 106 cm³/mol. The van der Waals surface area contributed by atoms with E-state index in [4.69, 9.17) is 9.26 Å². The van der Waals surface area contributed by atoms with Crippen molar-refractivity contribution in [2.24, 2.45) is 4.99 Å². The van der Waals surface area contributed by atoms with Gasteiger partial charge in [0.15, 0.2) is 5.96 Å². The summed E-state index contributed by atoms with van der Waals surface area (Å²) in [4.78, 5) is 4.46. The van der Waals surface area contributed by atoms with Crippen molar-refractivity contribution in [2.75, 3.05) is 19.7 Å². The van der Waals surface area contributed by atoms with Gasteiger partial charge in [-0.1, -0.05) is 29.4 Å². The molecule has 2 aromatic rings. The van der Waals surface area contributed by atoms with Gasteiger partial charge in [0, 0.05) is 12.6 Å². The average Bonchev–Trinajstić information content (AvgIpc) is 2.99. The van der Waals surface area contributed by atoms with Crippen molar-refractivity contribution in [3.05, 3.63) is 60.5 Å². The second kappa shape index (κ2) is 11.5. The summed E-state index contributed by atoms with van der Waals surface area (Å²) in [5.41, 5.74) is 0.794. The molecule has 2 N–H and O–H groups in total. The molecule has 0 aliphatic heterocycles. The number of hydrogen-bond acceptors (Lipinski definition) is 4. The van der Waals surface area contributed by atoms with Crippen LogP contribution in [0, 0.1) is 6.92 Å². The number of aryl methyl sites for hydroxylation is 1. The normalized spacial score (nSPS) is 10.6. The Kier molecular flexibility index (Phi) is 9.59. The number of guanidine groups is 1. The van der Waals surface area contributed by atoms with Crippen LogP contribution in [0.1, 0.15) is 11.5 Å². The minimum absolute atomic E-state index is 0. The maximum absolute atomic E-state index is 5.63. The summed E-state index contributed by atoms with van der Waals surface area (Å²) in [5, 5.41) is 10.3. The van der Waals surface area contributed by atoms with E-state index in [-0.39, 0.29) is 24.0 Å². The van der Waals surface area contributed by atoms with Gasteiger partial charge in [-0.2, -0.15) is 0 Å². The van der Waals surface area contributed by atoms with Crippen LogP contribution in [0.2, 0.25) is 0 Å². The van der Waals surface area contributed by atoms with E-state index >= 15 is 0 Å². The lowest BCUT2D eigenvalue weighted by atomic mass is 10.3. The molecule has 24 heavy (non-hydrogen) atoms. The molecule has 0 atom stereocenters. The van der Waals surface area contributed by atoms with E-state index < -0.39 is 0 Å². The van der Waals surface area contributed by atoms with Crippen LogP contribution < -0.4 is 15.4 Å². The maximum Gasteiger partial charge on any atom is 0.192 e. The first-order chi connectivity index (χ1) is 11.3. The third kappa shape index (κ3) is 7.49. The van der Waals surface area contributed by atoms with Gasteiger partial charge in [0.1, 0.15) is 23.8 Å². The van der Waals surface area contributed by atoms with E-state index in [1.54, 1.807) is 6.08 Å². The second-order valence-electron chi connectivity index (χ2n) is 4.85. The third-order valence-corrected chi connectivity index (χ3v) is 2.90. The fraction of sp³-hybridized carbons (Fsp3) is 0.294. The molecule has 1 aromatic carbocycles. The summed E-state index contributed by atoms with van der Waals surface area (Å²) in [5.74, 6) is 2.31. The van der Waals surface area contributed by atoms with Gasteiger partial charge >= 0.3 is 0 Å². The Morgan fingerprint density at radius 2 is 2.12 bits per heavy atom. The standard InChI is InChI=1S/C17H22N4O2.HI/c1-3-9-18-17(20-13-15-12-14(2)23-21-15)19-10-11-22-16-7-5-4-6-8-16;/h3-8,12H,1,9-11,13H2,2H3,(H2,18,19,20);1H. The zero-order valence-electron chi connectivity index (χ0n) is 13.7. The summed E-state index contributed by atoms with van der Waals surface area (Å²) < 4.78 is 10.7. The van der Waals surface area contributed by atoms with Crippen molar-refractivity contribution in [2.45, 2.75) is 13.5 Å². The number of hydrogen-bond donors (Lipinski definition) is 2. The highest BCUT2D eigenvalue weighted by molar-refractivity contribution is 14.0. The number of halogens is 1. The zero-order chi connectivity index (χ0) is 16.3. The minimum atomic E-state index is 0. The summed E-state index contributed by atoms with van der Waals surface area (Å²) in [6, 6.07) is 11.6. The van der Waals surface area contributed by atoms with Crippen molar-refractivity contribution in [1.82, 2.24) is 15.8 Å². The van der Waals surface area contributed by atoms with E-state index in [0.717, 1.165) is 17.2 Å². The summed E-state index contributed by atoms with van der Waals surface area (Å²) in [6.45, 7) is 7.80.